The number of benzene rings is 1. The lowest BCUT2D eigenvalue weighted by Crippen LogP contribution is -2.33. The number of rotatable bonds is 7. The number of carbonyl (C=O) groups excluding carboxylic acids is 1. The number of aromatic amines is 1. The number of ether oxygens (including phenoxy) is 1. The van der Waals surface area contributed by atoms with Crippen LogP contribution in [0.2, 0.25) is 0 Å². The molecule has 25 heavy (non-hydrogen) atoms. The van der Waals surface area contributed by atoms with E-state index in [0.717, 1.165) is 11.2 Å². The predicted octanol–water partition coefficient (Wildman–Crippen LogP) is 3.26. The standard InChI is InChI=1S/C18H22N4O3/c1-4-24-17(23)15(8-13-9-19-10-20-13)22-18-21-14-7-12(11(2)3)5-6-16(14)25-18/h5-7,9-11,15H,4,8H2,1-3H3,(H,19,20)(H,21,22)/t15-/m0/s1. The Morgan fingerprint density at radius 3 is 2.92 bits per heavy atom. The zero-order valence-corrected chi connectivity index (χ0v) is 14.6. The molecule has 0 amide bonds. The first-order valence-electron chi connectivity index (χ1n) is 8.37. The Hall–Kier alpha value is -2.83. The molecule has 0 aliphatic heterocycles. The molecule has 0 spiro atoms. The number of anilines is 1. The maximum absolute atomic E-state index is 12.2. The first-order valence-corrected chi connectivity index (χ1v) is 8.37. The first kappa shape index (κ1) is 17.0. The molecule has 2 heterocycles. The molecule has 7 heteroatoms. The third kappa shape index (κ3) is 3.99. The number of imidazole rings is 1. The Balaban J connectivity index is 1.82. The maximum atomic E-state index is 12.2. The highest BCUT2D eigenvalue weighted by molar-refractivity contribution is 5.80. The highest BCUT2D eigenvalue weighted by Crippen LogP contribution is 2.24. The number of hydrogen-bond acceptors (Lipinski definition) is 6. The van der Waals surface area contributed by atoms with Crippen molar-refractivity contribution in [3.8, 4) is 0 Å². The lowest BCUT2D eigenvalue weighted by atomic mass is 10.0. The third-order valence-electron chi connectivity index (χ3n) is 3.93. The van der Waals surface area contributed by atoms with Crippen LogP contribution in [0.5, 0.6) is 0 Å². The van der Waals surface area contributed by atoms with Gasteiger partial charge in [-0.2, -0.15) is 4.98 Å². The van der Waals surface area contributed by atoms with Crippen LogP contribution < -0.4 is 5.32 Å². The van der Waals surface area contributed by atoms with E-state index in [9.17, 15) is 4.79 Å². The van der Waals surface area contributed by atoms with Crippen LogP contribution in [0.4, 0.5) is 6.01 Å². The van der Waals surface area contributed by atoms with E-state index in [-0.39, 0.29) is 5.97 Å². The lowest BCUT2D eigenvalue weighted by Gasteiger charge is -2.15. The van der Waals surface area contributed by atoms with Gasteiger partial charge in [-0.15, -0.1) is 0 Å². The van der Waals surface area contributed by atoms with Gasteiger partial charge in [0.15, 0.2) is 5.58 Å². The average molecular weight is 342 g/mol. The van der Waals surface area contributed by atoms with Crippen molar-refractivity contribution in [3.05, 3.63) is 42.0 Å². The van der Waals surface area contributed by atoms with Crippen molar-refractivity contribution in [2.24, 2.45) is 0 Å². The van der Waals surface area contributed by atoms with Crippen LogP contribution in [0, 0.1) is 0 Å². The number of nitrogens with zero attached hydrogens (tertiary/aromatic N) is 2. The third-order valence-corrected chi connectivity index (χ3v) is 3.93. The monoisotopic (exact) mass is 342 g/mol. The van der Waals surface area contributed by atoms with Crippen molar-refractivity contribution in [2.75, 3.05) is 11.9 Å². The molecule has 0 fully saturated rings. The highest BCUT2D eigenvalue weighted by atomic mass is 16.5. The molecule has 0 radical (unpaired) electrons. The van der Waals surface area contributed by atoms with Gasteiger partial charge in [-0.3, -0.25) is 0 Å². The molecular formula is C18H22N4O3. The Bertz CT molecular complexity index is 839. The fraction of sp³-hybridized carbons (Fsp3) is 0.389. The summed E-state index contributed by atoms with van der Waals surface area (Å²) in [5.74, 6) is 0.0485. The number of aromatic nitrogens is 3. The molecule has 7 nitrogen and oxygen atoms in total. The number of carbonyl (C=O) groups is 1. The van der Waals surface area contributed by atoms with Crippen LogP contribution in [-0.2, 0) is 16.0 Å². The van der Waals surface area contributed by atoms with Crippen molar-refractivity contribution >= 4 is 23.1 Å². The average Bonchev–Trinajstić information content (AvgIpc) is 3.22. The summed E-state index contributed by atoms with van der Waals surface area (Å²) in [6.07, 6.45) is 3.65. The van der Waals surface area contributed by atoms with E-state index in [0.29, 0.717) is 30.5 Å². The van der Waals surface area contributed by atoms with Crippen molar-refractivity contribution < 1.29 is 13.9 Å². The second-order valence-electron chi connectivity index (χ2n) is 6.13. The molecule has 1 atom stereocenters. The van der Waals surface area contributed by atoms with E-state index < -0.39 is 6.04 Å². The highest BCUT2D eigenvalue weighted by Gasteiger charge is 2.23. The number of nitrogens with one attached hydrogen (secondary N) is 2. The minimum atomic E-state index is -0.613. The summed E-state index contributed by atoms with van der Waals surface area (Å²) in [6.45, 7) is 6.34. The summed E-state index contributed by atoms with van der Waals surface area (Å²) >= 11 is 0. The molecule has 0 saturated heterocycles. The first-order chi connectivity index (χ1) is 12.1. The summed E-state index contributed by atoms with van der Waals surface area (Å²) in [6, 6.07) is 5.61. The van der Waals surface area contributed by atoms with Crippen molar-refractivity contribution in [3.63, 3.8) is 0 Å². The van der Waals surface area contributed by atoms with E-state index in [1.54, 1.807) is 19.4 Å². The Morgan fingerprint density at radius 1 is 1.40 bits per heavy atom. The zero-order valence-electron chi connectivity index (χ0n) is 14.6. The van der Waals surface area contributed by atoms with Crippen LogP contribution in [0.15, 0.2) is 35.1 Å². The van der Waals surface area contributed by atoms with Crippen molar-refractivity contribution in [1.29, 1.82) is 0 Å². The number of hydrogen-bond donors (Lipinski definition) is 2. The Labute approximate surface area is 145 Å². The van der Waals surface area contributed by atoms with Crippen LogP contribution in [-0.4, -0.2) is 33.6 Å². The van der Waals surface area contributed by atoms with E-state index in [1.165, 1.54) is 5.56 Å². The normalized spacial score (nSPS) is 12.5. The van der Waals surface area contributed by atoms with Crippen LogP contribution >= 0.6 is 0 Å². The molecule has 0 aliphatic carbocycles. The van der Waals surface area contributed by atoms with E-state index in [2.05, 4.69) is 34.1 Å². The van der Waals surface area contributed by atoms with Gasteiger partial charge in [0.05, 0.1) is 12.9 Å². The fourth-order valence-corrected chi connectivity index (χ4v) is 2.57. The quantitative estimate of drug-likeness (QED) is 0.640. The number of fused-ring (bicyclic) bond motifs is 1. The van der Waals surface area contributed by atoms with Gasteiger partial charge in [0, 0.05) is 18.3 Å². The smallest absolute Gasteiger partial charge is 0.329 e. The molecule has 0 unspecified atom stereocenters. The summed E-state index contributed by atoms with van der Waals surface area (Å²) in [5.41, 5.74) is 3.45. The summed E-state index contributed by atoms with van der Waals surface area (Å²) < 4.78 is 10.9. The fourth-order valence-electron chi connectivity index (χ4n) is 2.57. The Morgan fingerprint density at radius 2 is 2.24 bits per heavy atom. The van der Waals surface area contributed by atoms with Gasteiger partial charge in [-0.1, -0.05) is 19.9 Å². The largest absolute Gasteiger partial charge is 0.464 e. The Kier molecular flexibility index (Phi) is 5.02. The lowest BCUT2D eigenvalue weighted by molar-refractivity contribution is -0.144. The molecule has 132 valence electrons. The number of H-pyrrole nitrogens is 1. The second-order valence-corrected chi connectivity index (χ2v) is 6.13. The summed E-state index contributed by atoms with van der Waals surface area (Å²) in [4.78, 5) is 23.7. The minimum Gasteiger partial charge on any atom is -0.464 e. The van der Waals surface area contributed by atoms with Gasteiger partial charge in [-0.05, 0) is 30.5 Å². The summed E-state index contributed by atoms with van der Waals surface area (Å²) in [5, 5.41) is 3.04. The number of oxazole rings is 1. The minimum absolute atomic E-state index is 0.300. The van der Waals surface area contributed by atoms with Gasteiger partial charge >= 0.3 is 5.97 Å². The van der Waals surface area contributed by atoms with Crippen LogP contribution in [0.3, 0.4) is 0 Å². The molecule has 3 aromatic rings. The van der Waals surface area contributed by atoms with Gasteiger partial charge in [-0.25, -0.2) is 9.78 Å². The SMILES string of the molecule is CCOC(=O)[C@H](Cc1cnc[nH]1)Nc1nc2cc(C(C)C)ccc2o1. The van der Waals surface area contributed by atoms with Crippen LogP contribution in [0.1, 0.15) is 37.9 Å². The molecule has 3 rings (SSSR count). The molecule has 0 aliphatic rings. The molecule has 2 N–H and O–H groups in total. The maximum Gasteiger partial charge on any atom is 0.329 e. The molecule has 2 aromatic heterocycles. The topological polar surface area (TPSA) is 93.0 Å². The van der Waals surface area contributed by atoms with E-state index in [4.69, 9.17) is 9.15 Å². The van der Waals surface area contributed by atoms with Gasteiger partial charge in [0.2, 0.25) is 0 Å². The van der Waals surface area contributed by atoms with Gasteiger partial charge < -0.3 is 19.5 Å². The van der Waals surface area contributed by atoms with Crippen LogP contribution in [0.25, 0.3) is 11.1 Å². The van der Waals surface area contributed by atoms with Crippen molar-refractivity contribution in [2.45, 2.75) is 39.2 Å². The second kappa shape index (κ2) is 7.38. The number of esters is 1. The van der Waals surface area contributed by atoms with Crippen molar-refractivity contribution in [1.82, 2.24) is 15.0 Å². The molecule has 0 saturated carbocycles. The van der Waals surface area contributed by atoms with Gasteiger partial charge in [0.1, 0.15) is 11.6 Å². The van der Waals surface area contributed by atoms with E-state index in [1.807, 2.05) is 18.2 Å². The van der Waals surface area contributed by atoms with Gasteiger partial charge in [0.25, 0.3) is 6.01 Å². The van der Waals surface area contributed by atoms with E-state index >= 15 is 0 Å². The zero-order chi connectivity index (χ0) is 17.8. The molecular weight excluding hydrogens is 320 g/mol. The predicted molar refractivity (Wildman–Crippen MR) is 94.4 cm³/mol. The summed E-state index contributed by atoms with van der Waals surface area (Å²) in [7, 11) is 0. The molecule has 1 aromatic carbocycles. The molecule has 0 bridgehead atoms.